The van der Waals surface area contributed by atoms with Crippen LogP contribution in [0, 0.1) is 11.6 Å². The largest absolute Gasteiger partial charge is 0.492 e. The highest BCUT2D eigenvalue weighted by Crippen LogP contribution is 2.28. The Kier molecular flexibility index (Phi) is 8.51. The summed E-state index contributed by atoms with van der Waals surface area (Å²) in [7, 11) is 0. The third kappa shape index (κ3) is 6.15. The standard InChI is InChI=1S/C24H27F2N3O4/c1-2-10-29(11-13-30)12-14-32-17-8-6-16(7-9-17)23-22(24(27)31)28-20(15-33-23)21-18(25)4-3-5-19(21)26/h3-9,30H,2,10-15H2,1H3,(H2,27,31). The van der Waals surface area contributed by atoms with E-state index in [1.165, 1.54) is 6.07 Å². The lowest BCUT2D eigenvalue weighted by molar-refractivity contribution is -0.114. The molecule has 0 aliphatic carbocycles. The van der Waals surface area contributed by atoms with Gasteiger partial charge in [-0.25, -0.2) is 13.8 Å². The van der Waals surface area contributed by atoms with Gasteiger partial charge in [0.05, 0.1) is 17.9 Å². The average molecular weight is 459 g/mol. The first-order valence-corrected chi connectivity index (χ1v) is 10.7. The van der Waals surface area contributed by atoms with Crippen molar-refractivity contribution in [3.8, 4) is 5.75 Å². The Morgan fingerprint density at radius 1 is 1.15 bits per heavy atom. The summed E-state index contributed by atoms with van der Waals surface area (Å²) in [5.74, 6) is -1.73. The highest BCUT2D eigenvalue weighted by atomic mass is 19.1. The number of carbonyl (C=O) groups is 1. The molecule has 0 unspecified atom stereocenters. The Morgan fingerprint density at radius 2 is 1.85 bits per heavy atom. The first-order chi connectivity index (χ1) is 15.9. The van der Waals surface area contributed by atoms with Crippen LogP contribution in [0.2, 0.25) is 0 Å². The minimum atomic E-state index is -0.876. The fourth-order valence-corrected chi connectivity index (χ4v) is 3.50. The first kappa shape index (κ1) is 24.3. The molecule has 3 N–H and O–H groups in total. The highest BCUT2D eigenvalue weighted by Gasteiger charge is 2.25. The van der Waals surface area contributed by atoms with Crippen LogP contribution < -0.4 is 10.5 Å². The van der Waals surface area contributed by atoms with Gasteiger partial charge in [0.25, 0.3) is 5.91 Å². The van der Waals surface area contributed by atoms with E-state index in [0.29, 0.717) is 31.0 Å². The molecule has 2 aromatic carbocycles. The van der Waals surface area contributed by atoms with E-state index >= 15 is 0 Å². The van der Waals surface area contributed by atoms with Gasteiger partial charge in [-0.2, -0.15) is 0 Å². The lowest BCUT2D eigenvalue weighted by Crippen LogP contribution is -2.31. The number of aliphatic imine (C=N–C) groups is 1. The number of nitrogens with two attached hydrogens (primary N) is 1. The Hall–Kier alpha value is -3.30. The number of halogens is 2. The van der Waals surface area contributed by atoms with Crippen molar-refractivity contribution in [2.24, 2.45) is 10.7 Å². The van der Waals surface area contributed by atoms with Crippen LogP contribution in [0.4, 0.5) is 8.78 Å². The monoisotopic (exact) mass is 459 g/mol. The maximum Gasteiger partial charge on any atom is 0.271 e. The van der Waals surface area contributed by atoms with Crippen molar-refractivity contribution in [1.29, 1.82) is 0 Å². The van der Waals surface area contributed by atoms with Crippen LogP contribution in [-0.4, -0.2) is 61.1 Å². The van der Waals surface area contributed by atoms with Gasteiger partial charge in [-0.3, -0.25) is 9.69 Å². The second-order valence-electron chi connectivity index (χ2n) is 7.42. The first-order valence-electron chi connectivity index (χ1n) is 10.7. The van der Waals surface area contributed by atoms with E-state index in [4.69, 9.17) is 20.3 Å². The minimum absolute atomic E-state index is 0.0531. The lowest BCUT2D eigenvalue weighted by Gasteiger charge is -2.21. The number of nitrogens with zero attached hydrogens (tertiary/aromatic N) is 2. The number of primary amides is 1. The van der Waals surface area contributed by atoms with Crippen LogP contribution in [0.3, 0.4) is 0 Å². The Labute approximate surface area is 191 Å². The molecule has 0 saturated carbocycles. The smallest absolute Gasteiger partial charge is 0.271 e. The molecule has 9 heteroatoms. The summed E-state index contributed by atoms with van der Waals surface area (Å²) in [4.78, 5) is 18.2. The third-order valence-electron chi connectivity index (χ3n) is 5.05. The zero-order valence-corrected chi connectivity index (χ0v) is 18.4. The molecule has 0 atom stereocenters. The molecule has 0 aromatic heterocycles. The molecule has 3 rings (SSSR count). The number of aliphatic hydroxyl groups excluding tert-OH is 1. The van der Waals surface area contributed by atoms with Crippen LogP contribution in [0.1, 0.15) is 24.5 Å². The van der Waals surface area contributed by atoms with Gasteiger partial charge >= 0.3 is 0 Å². The number of carbonyl (C=O) groups excluding carboxylic acids is 1. The zero-order chi connectivity index (χ0) is 23.8. The quantitative estimate of drug-likeness (QED) is 0.539. The number of amides is 1. The van der Waals surface area contributed by atoms with Crippen molar-refractivity contribution in [3.63, 3.8) is 0 Å². The van der Waals surface area contributed by atoms with Gasteiger partial charge in [0.15, 0.2) is 11.5 Å². The third-order valence-corrected chi connectivity index (χ3v) is 5.05. The van der Waals surface area contributed by atoms with Crippen molar-refractivity contribution >= 4 is 17.4 Å². The highest BCUT2D eigenvalue weighted by molar-refractivity contribution is 6.09. The molecule has 176 valence electrons. The van der Waals surface area contributed by atoms with Crippen LogP contribution in [-0.2, 0) is 9.53 Å². The van der Waals surface area contributed by atoms with Gasteiger partial charge in [-0.05, 0) is 49.4 Å². The SMILES string of the molecule is CCCN(CCO)CCOc1ccc(C2=C(C(N)=O)N=C(c3c(F)cccc3F)CO2)cc1. The molecular formula is C24H27F2N3O4. The van der Waals surface area contributed by atoms with Gasteiger partial charge in [-0.15, -0.1) is 0 Å². The maximum atomic E-state index is 14.1. The molecular weight excluding hydrogens is 432 g/mol. The molecule has 0 fully saturated rings. The Bertz CT molecular complexity index is 1010. The summed E-state index contributed by atoms with van der Waals surface area (Å²) in [5, 5.41) is 9.12. The summed E-state index contributed by atoms with van der Waals surface area (Å²) < 4.78 is 39.7. The Balaban J connectivity index is 1.76. The van der Waals surface area contributed by atoms with Crippen molar-refractivity contribution in [2.45, 2.75) is 13.3 Å². The zero-order valence-electron chi connectivity index (χ0n) is 18.4. The van der Waals surface area contributed by atoms with Crippen molar-refractivity contribution in [2.75, 3.05) is 39.5 Å². The number of hydrogen-bond acceptors (Lipinski definition) is 6. The second-order valence-corrected chi connectivity index (χ2v) is 7.42. The normalized spacial score (nSPS) is 13.7. The van der Waals surface area contributed by atoms with E-state index in [-0.39, 0.29) is 35.9 Å². The van der Waals surface area contributed by atoms with Crippen molar-refractivity contribution in [1.82, 2.24) is 4.90 Å². The number of hydrogen-bond donors (Lipinski definition) is 2. The van der Waals surface area contributed by atoms with Gasteiger partial charge < -0.3 is 20.3 Å². The molecule has 1 aliphatic heterocycles. The molecule has 0 radical (unpaired) electrons. The van der Waals surface area contributed by atoms with Gasteiger partial charge in [0, 0.05) is 18.7 Å². The molecule has 1 heterocycles. The second kappa shape index (κ2) is 11.5. The van der Waals surface area contributed by atoms with E-state index in [1.54, 1.807) is 24.3 Å². The van der Waals surface area contributed by atoms with Gasteiger partial charge in [0.2, 0.25) is 0 Å². The number of benzene rings is 2. The van der Waals surface area contributed by atoms with E-state index in [2.05, 4.69) is 16.8 Å². The van der Waals surface area contributed by atoms with Crippen molar-refractivity contribution in [3.05, 3.63) is 70.9 Å². The van der Waals surface area contributed by atoms with E-state index < -0.39 is 17.5 Å². The molecule has 1 amide bonds. The molecule has 0 saturated heterocycles. The number of aliphatic hydroxyl groups is 1. The molecule has 7 nitrogen and oxygen atoms in total. The summed E-state index contributed by atoms with van der Waals surface area (Å²) in [6.07, 6.45) is 0.986. The van der Waals surface area contributed by atoms with E-state index in [1.807, 2.05) is 0 Å². The van der Waals surface area contributed by atoms with E-state index in [0.717, 1.165) is 25.1 Å². The van der Waals surface area contributed by atoms with Crippen molar-refractivity contribution < 1.29 is 28.2 Å². The number of rotatable bonds is 11. The maximum absolute atomic E-state index is 14.1. The van der Waals surface area contributed by atoms with Crippen LogP contribution in [0.15, 0.2) is 53.2 Å². The van der Waals surface area contributed by atoms with E-state index in [9.17, 15) is 13.6 Å². The summed E-state index contributed by atoms with van der Waals surface area (Å²) in [5.41, 5.74) is 5.38. The minimum Gasteiger partial charge on any atom is -0.492 e. The van der Waals surface area contributed by atoms with Gasteiger partial charge in [-0.1, -0.05) is 13.0 Å². The predicted molar refractivity (Wildman–Crippen MR) is 121 cm³/mol. The molecule has 1 aliphatic rings. The molecule has 0 bridgehead atoms. The van der Waals surface area contributed by atoms with Crippen LogP contribution in [0.25, 0.3) is 5.76 Å². The molecule has 0 spiro atoms. The summed E-state index contributed by atoms with van der Waals surface area (Å²) in [6.45, 7) is 4.56. The summed E-state index contributed by atoms with van der Waals surface area (Å²) >= 11 is 0. The van der Waals surface area contributed by atoms with Crippen LogP contribution >= 0.6 is 0 Å². The van der Waals surface area contributed by atoms with Gasteiger partial charge in [0.1, 0.15) is 30.6 Å². The topological polar surface area (TPSA) is 97.4 Å². The predicted octanol–water partition coefficient (Wildman–Crippen LogP) is 2.72. The lowest BCUT2D eigenvalue weighted by atomic mass is 10.1. The number of ether oxygens (including phenoxy) is 2. The van der Waals surface area contributed by atoms with Crippen LogP contribution in [0.5, 0.6) is 5.75 Å². The fraction of sp³-hybridized carbons (Fsp3) is 0.333. The molecule has 33 heavy (non-hydrogen) atoms. The fourth-order valence-electron chi connectivity index (χ4n) is 3.50. The Morgan fingerprint density at radius 3 is 2.45 bits per heavy atom. The molecule has 2 aromatic rings. The summed E-state index contributed by atoms with van der Waals surface area (Å²) in [6, 6.07) is 10.3. The average Bonchev–Trinajstić information content (AvgIpc) is 2.80.